The van der Waals surface area contributed by atoms with Crippen molar-refractivity contribution in [1.29, 1.82) is 0 Å². The first-order chi connectivity index (χ1) is 6.95. The van der Waals surface area contributed by atoms with E-state index < -0.39 is 45.6 Å². The van der Waals surface area contributed by atoms with E-state index in [2.05, 4.69) is 4.72 Å². The lowest BCUT2D eigenvalue weighted by atomic mass is 10.2. The normalized spacial score (nSPS) is 30.6. The third kappa shape index (κ3) is 2.89. The minimum absolute atomic E-state index is 0.468. The third-order valence-electron chi connectivity index (χ3n) is 2.68. The number of sulfonamides is 1. The predicted octanol–water partition coefficient (Wildman–Crippen LogP) is 0.829. The third-order valence-corrected chi connectivity index (χ3v) is 4.91. The number of nitrogens with one attached hydrogen (secondary N) is 1. The van der Waals surface area contributed by atoms with Crippen molar-refractivity contribution < 1.29 is 17.2 Å². The molecular weight excluding hydrogens is 238 g/mol. The summed E-state index contributed by atoms with van der Waals surface area (Å²) in [7, 11) is -3.63. The van der Waals surface area contributed by atoms with Crippen LogP contribution in [0.4, 0.5) is 8.78 Å². The molecular formula is C9H18F2N2O2S. The Balaban J connectivity index is 2.78. The fourth-order valence-corrected chi connectivity index (χ4v) is 2.56. The van der Waals surface area contributed by atoms with E-state index in [-0.39, 0.29) is 0 Å². The van der Waals surface area contributed by atoms with Crippen molar-refractivity contribution in [1.82, 2.24) is 4.72 Å². The summed E-state index contributed by atoms with van der Waals surface area (Å²) >= 11 is 0. The van der Waals surface area contributed by atoms with Crippen molar-refractivity contribution in [2.45, 2.75) is 56.4 Å². The number of nitrogens with two attached hydrogens (primary N) is 1. The molecule has 0 saturated heterocycles. The lowest BCUT2D eigenvalue weighted by Gasteiger charge is -2.24. The molecule has 1 aliphatic rings. The maximum Gasteiger partial charge on any atom is 0.251 e. The van der Waals surface area contributed by atoms with Gasteiger partial charge in [-0.2, -0.15) is 0 Å². The van der Waals surface area contributed by atoms with Crippen LogP contribution in [0.25, 0.3) is 0 Å². The SMILES string of the molecule is CC(C)(C)S(=O)(=O)N[C@@H]1CC(F)(F)C[C@H]1N. The molecule has 0 amide bonds. The molecule has 0 heterocycles. The van der Waals surface area contributed by atoms with Crippen LogP contribution in [0.15, 0.2) is 0 Å². The Morgan fingerprint density at radius 2 is 1.81 bits per heavy atom. The summed E-state index contributed by atoms with van der Waals surface area (Å²) in [6.07, 6.45) is -0.992. The number of hydrogen-bond donors (Lipinski definition) is 2. The summed E-state index contributed by atoms with van der Waals surface area (Å²) in [5.74, 6) is -2.87. The van der Waals surface area contributed by atoms with E-state index in [4.69, 9.17) is 5.73 Å². The van der Waals surface area contributed by atoms with Gasteiger partial charge in [0.05, 0.1) is 4.75 Å². The maximum absolute atomic E-state index is 13.0. The molecule has 1 fully saturated rings. The molecule has 96 valence electrons. The second kappa shape index (κ2) is 3.89. The fraction of sp³-hybridized carbons (Fsp3) is 1.00. The highest BCUT2D eigenvalue weighted by Gasteiger charge is 2.47. The van der Waals surface area contributed by atoms with E-state index in [9.17, 15) is 17.2 Å². The molecule has 0 radical (unpaired) electrons. The van der Waals surface area contributed by atoms with Gasteiger partial charge in [0.2, 0.25) is 10.0 Å². The van der Waals surface area contributed by atoms with Crippen molar-refractivity contribution in [2.75, 3.05) is 0 Å². The Morgan fingerprint density at radius 1 is 1.31 bits per heavy atom. The average molecular weight is 256 g/mol. The van der Waals surface area contributed by atoms with Gasteiger partial charge in [0.15, 0.2) is 0 Å². The summed E-state index contributed by atoms with van der Waals surface area (Å²) < 4.78 is 50.8. The monoisotopic (exact) mass is 256 g/mol. The van der Waals surface area contributed by atoms with Gasteiger partial charge in [-0.15, -0.1) is 0 Å². The Hall–Kier alpha value is -0.270. The second-order valence-electron chi connectivity index (χ2n) is 5.27. The Labute approximate surface area is 94.6 Å². The molecule has 4 nitrogen and oxygen atoms in total. The minimum atomic E-state index is -3.63. The molecule has 1 rings (SSSR count). The van der Waals surface area contributed by atoms with E-state index in [0.717, 1.165) is 0 Å². The predicted molar refractivity (Wildman–Crippen MR) is 57.8 cm³/mol. The summed E-state index contributed by atoms with van der Waals surface area (Å²) in [6, 6.07) is -1.70. The molecule has 0 unspecified atom stereocenters. The highest BCUT2D eigenvalue weighted by atomic mass is 32.2. The van der Waals surface area contributed by atoms with Gasteiger partial charge in [-0.25, -0.2) is 21.9 Å². The summed E-state index contributed by atoms with van der Waals surface area (Å²) in [5.41, 5.74) is 5.50. The molecule has 0 aromatic rings. The smallest absolute Gasteiger partial charge is 0.251 e. The van der Waals surface area contributed by atoms with Crippen molar-refractivity contribution >= 4 is 10.0 Å². The first kappa shape index (κ1) is 13.8. The topological polar surface area (TPSA) is 72.2 Å². The molecule has 1 aliphatic carbocycles. The first-order valence-electron chi connectivity index (χ1n) is 5.10. The van der Waals surface area contributed by atoms with Crippen LogP contribution in [-0.4, -0.2) is 31.2 Å². The van der Waals surface area contributed by atoms with Crippen molar-refractivity contribution in [2.24, 2.45) is 5.73 Å². The van der Waals surface area contributed by atoms with Gasteiger partial charge in [-0.05, 0) is 20.8 Å². The van der Waals surface area contributed by atoms with Crippen LogP contribution >= 0.6 is 0 Å². The quantitative estimate of drug-likeness (QED) is 0.768. The second-order valence-corrected chi connectivity index (χ2v) is 7.74. The Kier molecular flexibility index (Phi) is 3.35. The Bertz CT molecular complexity index is 362. The molecule has 0 spiro atoms. The van der Waals surface area contributed by atoms with Gasteiger partial charge in [-0.1, -0.05) is 0 Å². The number of rotatable bonds is 2. The van der Waals surface area contributed by atoms with Gasteiger partial charge < -0.3 is 5.73 Å². The van der Waals surface area contributed by atoms with Crippen molar-refractivity contribution in [3.8, 4) is 0 Å². The summed E-state index contributed by atoms with van der Waals surface area (Å²) in [4.78, 5) is 0. The molecule has 3 N–H and O–H groups in total. The van der Waals surface area contributed by atoms with E-state index in [1.165, 1.54) is 20.8 Å². The molecule has 16 heavy (non-hydrogen) atoms. The zero-order chi connectivity index (χ0) is 12.8. The Morgan fingerprint density at radius 3 is 2.12 bits per heavy atom. The van der Waals surface area contributed by atoms with Crippen LogP contribution in [0.5, 0.6) is 0 Å². The fourth-order valence-electron chi connectivity index (χ4n) is 1.55. The largest absolute Gasteiger partial charge is 0.326 e. The van der Waals surface area contributed by atoms with Crippen molar-refractivity contribution in [3.05, 3.63) is 0 Å². The molecule has 2 atom stereocenters. The lowest BCUT2D eigenvalue weighted by Crippen LogP contribution is -2.49. The van der Waals surface area contributed by atoms with Crippen LogP contribution < -0.4 is 10.5 Å². The van der Waals surface area contributed by atoms with Crippen LogP contribution in [0.1, 0.15) is 33.6 Å². The summed E-state index contributed by atoms with van der Waals surface area (Å²) in [6.45, 7) is 4.52. The van der Waals surface area contributed by atoms with E-state index >= 15 is 0 Å². The zero-order valence-corrected chi connectivity index (χ0v) is 10.4. The van der Waals surface area contributed by atoms with Gasteiger partial charge in [-0.3, -0.25) is 0 Å². The van der Waals surface area contributed by atoms with Gasteiger partial charge in [0, 0.05) is 24.9 Å². The average Bonchev–Trinajstić information content (AvgIpc) is 2.20. The highest BCUT2D eigenvalue weighted by molar-refractivity contribution is 7.90. The van der Waals surface area contributed by atoms with E-state index in [1.807, 2.05) is 0 Å². The van der Waals surface area contributed by atoms with Gasteiger partial charge in [0.1, 0.15) is 0 Å². The van der Waals surface area contributed by atoms with Crippen LogP contribution in [0.3, 0.4) is 0 Å². The number of alkyl halides is 2. The zero-order valence-electron chi connectivity index (χ0n) is 9.63. The molecule has 0 bridgehead atoms. The molecule has 1 saturated carbocycles. The van der Waals surface area contributed by atoms with Crippen LogP contribution in [0, 0.1) is 0 Å². The molecule has 0 aromatic carbocycles. The van der Waals surface area contributed by atoms with Gasteiger partial charge >= 0.3 is 0 Å². The summed E-state index contributed by atoms with van der Waals surface area (Å²) in [5, 5.41) is 0. The standard InChI is InChI=1S/C9H18F2N2O2S/c1-8(2,3)16(14,15)13-7-5-9(10,11)4-6(7)12/h6-7,13H,4-5,12H2,1-3H3/t6-,7-/m1/s1. The van der Waals surface area contributed by atoms with Crippen LogP contribution in [0.2, 0.25) is 0 Å². The molecule has 0 aliphatic heterocycles. The van der Waals surface area contributed by atoms with E-state index in [1.54, 1.807) is 0 Å². The number of hydrogen-bond acceptors (Lipinski definition) is 3. The molecule has 7 heteroatoms. The van der Waals surface area contributed by atoms with E-state index in [0.29, 0.717) is 0 Å². The number of halogens is 2. The van der Waals surface area contributed by atoms with Gasteiger partial charge in [0.25, 0.3) is 5.92 Å². The maximum atomic E-state index is 13.0. The highest BCUT2D eigenvalue weighted by Crippen LogP contribution is 2.35. The lowest BCUT2D eigenvalue weighted by molar-refractivity contribution is 0.00655. The molecule has 0 aromatic heterocycles. The van der Waals surface area contributed by atoms with Crippen molar-refractivity contribution in [3.63, 3.8) is 0 Å². The minimum Gasteiger partial charge on any atom is -0.326 e. The first-order valence-corrected chi connectivity index (χ1v) is 6.58. The van der Waals surface area contributed by atoms with Crippen LogP contribution in [-0.2, 0) is 10.0 Å².